The molecule has 31 heavy (non-hydrogen) atoms. The highest BCUT2D eigenvalue weighted by Gasteiger charge is 2.46. The second-order valence-electron chi connectivity index (χ2n) is 9.50. The molecule has 1 spiro atoms. The van der Waals surface area contributed by atoms with Crippen molar-refractivity contribution in [2.75, 3.05) is 24.6 Å². The lowest BCUT2D eigenvalue weighted by atomic mass is 9.69. The molecule has 0 amide bonds. The molecule has 2 unspecified atom stereocenters. The van der Waals surface area contributed by atoms with Crippen LogP contribution in [0.2, 0.25) is 0 Å². The van der Waals surface area contributed by atoms with Gasteiger partial charge in [-0.1, -0.05) is 48.5 Å². The number of aryl methyl sites for hydroxylation is 1. The molecule has 3 heteroatoms. The minimum atomic E-state index is 0.126. The molecule has 1 N–H and O–H groups in total. The van der Waals surface area contributed by atoms with Gasteiger partial charge in [-0.05, 0) is 78.1 Å². The van der Waals surface area contributed by atoms with Crippen molar-refractivity contribution < 1.29 is 9.84 Å². The Kier molecular flexibility index (Phi) is 4.53. The number of hydrogen-bond acceptors (Lipinski definition) is 3. The van der Waals surface area contributed by atoms with E-state index in [1.165, 1.54) is 40.8 Å². The van der Waals surface area contributed by atoms with Gasteiger partial charge in [0.15, 0.2) is 0 Å². The Bertz CT molecular complexity index is 1060. The number of phenols is 1. The number of benzene rings is 3. The highest BCUT2D eigenvalue weighted by molar-refractivity contribution is 5.54. The third-order valence-corrected chi connectivity index (χ3v) is 7.58. The number of fused-ring (bicyclic) bond motifs is 1. The van der Waals surface area contributed by atoms with Gasteiger partial charge < -0.3 is 14.7 Å². The van der Waals surface area contributed by atoms with Crippen molar-refractivity contribution in [3.05, 3.63) is 95.1 Å². The van der Waals surface area contributed by atoms with Crippen LogP contribution in [0, 0.1) is 0 Å². The van der Waals surface area contributed by atoms with Crippen LogP contribution in [0.3, 0.4) is 0 Å². The molecule has 158 valence electrons. The molecule has 3 aromatic rings. The minimum Gasteiger partial charge on any atom is -0.508 e. The van der Waals surface area contributed by atoms with Crippen molar-refractivity contribution in [1.82, 2.24) is 0 Å². The summed E-state index contributed by atoms with van der Waals surface area (Å²) in [5.41, 5.74) is 6.82. The minimum absolute atomic E-state index is 0.126. The van der Waals surface area contributed by atoms with Crippen molar-refractivity contribution in [3.63, 3.8) is 0 Å². The average molecular weight is 412 g/mol. The van der Waals surface area contributed by atoms with Crippen LogP contribution in [0.15, 0.2) is 72.8 Å². The van der Waals surface area contributed by atoms with E-state index < -0.39 is 0 Å². The predicted molar refractivity (Wildman–Crippen MR) is 124 cm³/mol. The third kappa shape index (κ3) is 3.32. The van der Waals surface area contributed by atoms with E-state index in [0.29, 0.717) is 17.6 Å². The molecule has 1 aliphatic carbocycles. The van der Waals surface area contributed by atoms with E-state index in [0.717, 1.165) is 32.5 Å². The SMILES string of the molecule is Oc1ccc2c(c1)CCC(c1ccccc1)C2c1ccc(N2CC3(CCCO3)C2)cc1. The Morgan fingerprint density at radius 2 is 1.71 bits per heavy atom. The van der Waals surface area contributed by atoms with Crippen LogP contribution >= 0.6 is 0 Å². The molecule has 0 aromatic heterocycles. The zero-order chi connectivity index (χ0) is 20.8. The molecule has 2 fully saturated rings. The number of rotatable bonds is 3. The summed E-state index contributed by atoms with van der Waals surface area (Å²) in [4.78, 5) is 2.44. The fourth-order valence-corrected chi connectivity index (χ4v) is 6.01. The van der Waals surface area contributed by atoms with Gasteiger partial charge in [0, 0.05) is 31.3 Å². The maximum Gasteiger partial charge on any atom is 0.115 e. The topological polar surface area (TPSA) is 32.7 Å². The Balaban J connectivity index is 1.32. The number of anilines is 1. The monoisotopic (exact) mass is 411 g/mol. The Morgan fingerprint density at radius 1 is 0.903 bits per heavy atom. The summed E-state index contributed by atoms with van der Waals surface area (Å²) in [5.74, 6) is 1.12. The maximum absolute atomic E-state index is 10.0. The summed E-state index contributed by atoms with van der Waals surface area (Å²) in [5, 5.41) is 10.0. The zero-order valence-electron chi connectivity index (χ0n) is 17.8. The summed E-state index contributed by atoms with van der Waals surface area (Å²) in [6, 6.07) is 26.0. The van der Waals surface area contributed by atoms with Gasteiger partial charge in [-0.15, -0.1) is 0 Å². The van der Waals surface area contributed by atoms with Crippen LogP contribution in [0.1, 0.15) is 53.4 Å². The van der Waals surface area contributed by atoms with Gasteiger partial charge in [0.05, 0.1) is 0 Å². The number of ether oxygens (including phenoxy) is 1. The molecule has 0 saturated carbocycles. The molecular weight excluding hydrogens is 382 g/mol. The number of phenolic OH excluding ortho intramolecular Hbond substituents is 1. The second kappa shape index (κ2) is 7.42. The Morgan fingerprint density at radius 3 is 2.45 bits per heavy atom. The first kappa shape index (κ1) is 18.9. The highest BCUT2D eigenvalue weighted by Crippen LogP contribution is 2.47. The molecular formula is C28H29NO2. The zero-order valence-corrected chi connectivity index (χ0v) is 17.8. The molecule has 0 radical (unpaired) electrons. The maximum atomic E-state index is 10.0. The van der Waals surface area contributed by atoms with Crippen LogP contribution in [0.4, 0.5) is 5.69 Å². The number of nitrogens with zero attached hydrogens (tertiary/aromatic N) is 1. The molecule has 2 heterocycles. The van der Waals surface area contributed by atoms with Crippen molar-refractivity contribution >= 4 is 5.69 Å². The summed E-state index contributed by atoms with van der Waals surface area (Å²) in [7, 11) is 0. The van der Waals surface area contributed by atoms with E-state index in [-0.39, 0.29) is 5.60 Å². The summed E-state index contributed by atoms with van der Waals surface area (Å²) >= 11 is 0. The Labute approximate surface area is 184 Å². The third-order valence-electron chi connectivity index (χ3n) is 7.58. The Hall–Kier alpha value is -2.78. The second-order valence-corrected chi connectivity index (χ2v) is 9.50. The summed E-state index contributed by atoms with van der Waals surface area (Å²) < 4.78 is 6.00. The standard InChI is InChI=1S/C28H29NO2/c30-24-12-14-26-22(17-24)9-13-25(20-5-2-1-3-6-20)27(26)21-7-10-23(11-8-21)29-18-28(19-29)15-4-16-31-28/h1-3,5-8,10-12,14,17,25,27,30H,4,9,13,15-16,18-19H2. The largest absolute Gasteiger partial charge is 0.508 e. The van der Waals surface area contributed by atoms with Gasteiger partial charge in [-0.25, -0.2) is 0 Å². The fraction of sp³-hybridized carbons (Fsp3) is 0.357. The lowest BCUT2D eigenvalue weighted by Gasteiger charge is -2.48. The van der Waals surface area contributed by atoms with E-state index in [2.05, 4.69) is 65.6 Å². The van der Waals surface area contributed by atoms with E-state index in [4.69, 9.17) is 4.74 Å². The lowest BCUT2D eigenvalue weighted by molar-refractivity contribution is -0.0180. The van der Waals surface area contributed by atoms with Gasteiger partial charge in [0.2, 0.25) is 0 Å². The molecule has 3 nitrogen and oxygen atoms in total. The van der Waals surface area contributed by atoms with Crippen LogP contribution in [-0.4, -0.2) is 30.4 Å². The fourth-order valence-electron chi connectivity index (χ4n) is 6.01. The summed E-state index contributed by atoms with van der Waals surface area (Å²) in [6.07, 6.45) is 4.50. The molecule has 6 rings (SSSR count). The van der Waals surface area contributed by atoms with Crippen molar-refractivity contribution in [2.45, 2.75) is 43.1 Å². The van der Waals surface area contributed by atoms with Crippen LogP contribution in [0.25, 0.3) is 0 Å². The molecule has 0 bridgehead atoms. The smallest absolute Gasteiger partial charge is 0.115 e. The van der Waals surface area contributed by atoms with E-state index in [1.54, 1.807) is 0 Å². The van der Waals surface area contributed by atoms with Crippen LogP contribution < -0.4 is 4.90 Å². The van der Waals surface area contributed by atoms with Crippen LogP contribution in [0.5, 0.6) is 5.75 Å². The van der Waals surface area contributed by atoms with E-state index in [9.17, 15) is 5.11 Å². The lowest BCUT2D eigenvalue weighted by Crippen LogP contribution is -2.61. The normalized spacial score (nSPS) is 24.1. The first-order valence-electron chi connectivity index (χ1n) is 11.6. The van der Waals surface area contributed by atoms with Gasteiger partial charge in [0.25, 0.3) is 0 Å². The number of hydrogen-bond donors (Lipinski definition) is 1. The van der Waals surface area contributed by atoms with Crippen LogP contribution in [-0.2, 0) is 11.2 Å². The first-order valence-corrected chi connectivity index (χ1v) is 11.6. The van der Waals surface area contributed by atoms with Crippen molar-refractivity contribution in [2.24, 2.45) is 0 Å². The molecule has 2 atom stereocenters. The molecule has 2 saturated heterocycles. The van der Waals surface area contributed by atoms with E-state index >= 15 is 0 Å². The van der Waals surface area contributed by atoms with Crippen molar-refractivity contribution in [1.29, 1.82) is 0 Å². The predicted octanol–water partition coefficient (Wildman–Crippen LogP) is 5.62. The quantitative estimate of drug-likeness (QED) is 0.607. The van der Waals surface area contributed by atoms with Gasteiger partial charge in [0.1, 0.15) is 11.4 Å². The molecule has 2 aliphatic heterocycles. The number of aromatic hydroxyl groups is 1. The highest BCUT2D eigenvalue weighted by atomic mass is 16.5. The molecule has 3 aliphatic rings. The summed E-state index contributed by atoms with van der Waals surface area (Å²) in [6.45, 7) is 2.96. The van der Waals surface area contributed by atoms with Gasteiger partial charge >= 0.3 is 0 Å². The van der Waals surface area contributed by atoms with Gasteiger partial charge in [-0.3, -0.25) is 0 Å². The van der Waals surface area contributed by atoms with Crippen molar-refractivity contribution in [3.8, 4) is 5.75 Å². The molecule has 3 aromatic carbocycles. The first-order chi connectivity index (χ1) is 15.2. The van der Waals surface area contributed by atoms with E-state index in [1.807, 2.05) is 12.1 Å². The average Bonchev–Trinajstić information content (AvgIpc) is 3.28. The van der Waals surface area contributed by atoms with Gasteiger partial charge in [-0.2, -0.15) is 0 Å².